The van der Waals surface area contributed by atoms with E-state index >= 15 is 0 Å². The van der Waals surface area contributed by atoms with Gasteiger partial charge in [0.25, 0.3) is 11.8 Å². The molecule has 0 aliphatic rings. The molecule has 3 N–H and O–H groups in total. The number of nitrogens with zero attached hydrogens (tertiary/aromatic N) is 1. The molecule has 1 aromatic heterocycles. The van der Waals surface area contributed by atoms with Gasteiger partial charge in [-0.15, -0.1) is 11.3 Å². The van der Waals surface area contributed by atoms with Crippen LogP contribution in [0.15, 0.2) is 17.5 Å². The van der Waals surface area contributed by atoms with Crippen LogP contribution < -0.4 is 10.9 Å². The van der Waals surface area contributed by atoms with Crippen LogP contribution >= 0.6 is 11.3 Å². The molecule has 1 aromatic rings. The number of hydrazine groups is 1. The second-order valence-corrected chi connectivity index (χ2v) is 5.32. The number of hydrogen-bond acceptors (Lipinski definition) is 5. The Labute approximate surface area is 120 Å². The van der Waals surface area contributed by atoms with Gasteiger partial charge in [0.15, 0.2) is 0 Å². The minimum Gasteiger partial charge on any atom is -0.480 e. The Morgan fingerprint density at radius 1 is 1.30 bits per heavy atom. The first-order valence-corrected chi connectivity index (χ1v) is 6.86. The van der Waals surface area contributed by atoms with E-state index in [-0.39, 0.29) is 19.1 Å². The lowest BCUT2D eigenvalue weighted by molar-refractivity contribution is -0.139. The van der Waals surface area contributed by atoms with Gasteiger partial charge in [0.2, 0.25) is 0 Å². The van der Waals surface area contributed by atoms with Gasteiger partial charge in [0.05, 0.1) is 18.0 Å². The number of carboxylic acid groups (broad SMARTS) is 1. The van der Waals surface area contributed by atoms with Crippen LogP contribution in [0.1, 0.15) is 23.5 Å². The summed E-state index contributed by atoms with van der Waals surface area (Å²) >= 11 is 1.26. The third kappa shape index (κ3) is 5.37. The first-order chi connectivity index (χ1) is 9.40. The lowest BCUT2D eigenvalue weighted by atomic mass is 10.3. The minimum atomic E-state index is -1.01. The number of carbonyl (C=O) groups excluding carboxylic acids is 2. The molecule has 0 fully saturated rings. The molecule has 8 heteroatoms. The molecule has 1 rings (SSSR count). The van der Waals surface area contributed by atoms with E-state index in [0.717, 1.165) is 0 Å². The third-order valence-corrected chi connectivity index (χ3v) is 3.34. The Kier molecular flexibility index (Phi) is 6.13. The molecule has 0 saturated heterocycles. The maximum absolute atomic E-state index is 11.7. The summed E-state index contributed by atoms with van der Waals surface area (Å²) in [4.78, 5) is 35.9. The lowest BCUT2D eigenvalue weighted by Crippen LogP contribution is -2.48. The molecule has 1 heterocycles. The van der Waals surface area contributed by atoms with Crippen LogP contribution in [0.25, 0.3) is 0 Å². The summed E-state index contributed by atoms with van der Waals surface area (Å²) in [7, 11) is 0. The summed E-state index contributed by atoms with van der Waals surface area (Å²) in [5.41, 5.74) is 4.54. The standard InChI is InChI=1S/C12H17N3O4S/c1-8(2)15(7-11(17)18)6-10(16)13-14-12(19)9-4-3-5-20-9/h3-5,8H,6-7H2,1-2H3,(H,13,16)(H,14,19)(H,17,18). The normalized spacial score (nSPS) is 10.6. The summed E-state index contributed by atoms with van der Waals surface area (Å²) < 4.78 is 0. The first kappa shape index (κ1) is 16.1. The van der Waals surface area contributed by atoms with Crippen molar-refractivity contribution in [2.45, 2.75) is 19.9 Å². The van der Waals surface area contributed by atoms with Gasteiger partial charge in [-0.05, 0) is 25.3 Å². The second kappa shape index (κ2) is 7.61. The van der Waals surface area contributed by atoms with Crippen LogP contribution in [-0.2, 0) is 9.59 Å². The number of carbonyl (C=O) groups is 3. The molecule has 0 aliphatic carbocycles. The minimum absolute atomic E-state index is 0.0927. The summed E-state index contributed by atoms with van der Waals surface area (Å²) in [5, 5.41) is 10.5. The van der Waals surface area contributed by atoms with Crippen LogP contribution in [0.2, 0.25) is 0 Å². The molecule has 0 radical (unpaired) electrons. The molecule has 2 amide bonds. The molecule has 0 bridgehead atoms. The average Bonchev–Trinajstić information content (AvgIpc) is 2.88. The molecule has 0 spiro atoms. The average molecular weight is 299 g/mol. The highest BCUT2D eigenvalue weighted by atomic mass is 32.1. The van der Waals surface area contributed by atoms with Gasteiger partial charge >= 0.3 is 5.97 Å². The zero-order chi connectivity index (χ0) is 15.1. The highest BCUT2D eigenvalue weighted by Crippen LogP contribution is 2.07. The Morgan fingerprint density at radius 2 is 2.00 bits per heavy atom. The van der Waals surface area contributed by atoms with Gasteiger partial charge in [-0.1, -0.05) is 6.07 Å². The fourth-order valence-electron chi connectivity index (χ4n) is 1.41. The number of hydrogen-bond donors (Lipinski definition) is 3. The second-order valence-electron chi connectivity index (χ2n) is 4.37. The van der Waals surface area contributed by atoms with Crippen molar-refractivity contribution in [3.8, 4) is 0 Å². The monoisotopic (exact) mass is 299 g/mol. The zero-order valence-electron chi connectivity index (χ0n) is 11.3. The number of nitrogens with one attached hydrogen (secondary N) is 2. The number of carboxylic acids is 1. The largest absolute Gasteiger partial charge is 0.480 e. The van der Waals surface area contributed by atoms with Crippen molar-refractivity contribution in [1.82, 2.24) is 15.8 Å². The molecule has 0 atom stereocenters. The molecular weight excluding hydrogens is 282 g/mol. The van der Waals surface area contributed by atoms with Crippen LogP contribution in [0.4, 0.5) is 0 Å². The summed E-state index contributed by atoms with van der Waals surface area (Å²) in [6.45, 7) is 3.25. The fourth-order valence-corrected chi connectivity index (χ4v) is 2.03. The van der Waals surface area contributed by atoms with E-state index in [1.165, 1.54) is 16.2 Å². The van der Waals surface area contributed by atoms with E-state index in [2.05, 4.69) is 10.9 Å². The number of amides is 2. The van der Waals surface area contributed by atoms with E-state index in [0.29, 0.717) is 4.88 Å². The Hall–Kier alpha value is -1.93. The van der Waals surface area contributed by atoms with Gasteiger partial charge < -0.3 is 5.11 Å². The Morgan fingerprint density at radius 3 is 2.50 bits per heavy atom. The van der Waals surface area contributed by atoms with Crippen molar-refractivity contribution < 1.29 is 19.5 Å². The van der Waals surface area contributed by atoms with Gasteiger partial charge in [-0.25, -0.2) is 0 Å². The molecule has 110 valence electrons. The van der Waals surface area contributed by atoms with Gasteiger partial charge in [-0.2, -0.15) is 0 Å². The van der Waals surface area contributed by atoms with Crippen molar-refractivity contribution in [3.63, 3.8) is 0 Å². The van der Waals surface area contributed by atoms with E-state index in [1.54, 1.807) is 31.4 Å². The van der Waals surface area contributed by atoms with E-state index in [9.17, 15) is 14.4 Å². The number of aliphatic carboxylic acids is 1. The molecule has 0 aliphatic heterocycles. The lowest BCUT2D eigenvalue weighted by Gasteiger charge is -2.23. The fraction of sp³-hybridized carbons (Fsp3) is 0.417. The zero-order valence-corrected chi connectivity index (χ0v) is 12.1. The van der Waals surface area contributed by atoms with E-state index in [4.69, 9.17) is 5.11 Å². The van der Waals surface area contributed by atoms with E-state index < -0.39 is 17.8 Å². The predicted octanol–water partition coefficient (Wildman–Crippen LogP) is 0.304. The van der Waals surface area contributed by atoms with Gasteiger partial charge in [0, 0.05) is 6.04 Å². The highest BCUT2D eigenvalue weighted by molar-refractivity contribution is 7.12. The summed E-state index contributed by atoms with van der Waals surface area (Å²) in [5.74, 6) is -1.87. The van der Waals surface area contributed by atoms with Crippen molar-refractivity contribution in [2.75, 3.05) is 13.1 Å². The topological polar surface area (TPSA) is 98.7 Å². The van der Waals surface area contributed by atoms with Crippen LogP contribution in [-0.4, -0.2) is 46.9 Å². The smallest absolute Gasteiger partial charge is 0.317 e. The molecule has 20 heavy (non-hydrogen) atoms. The van der Waals surface area contributed by atoms with Crippen molar-refractivity contribution in [3.05, 3.63) is 22.4 Å². The molecule has 7 nitrogen and oxygen atoms in total. The van der Waals surface area contributed by atoms with Crippen LogP contribution in [0.5, 0.6) is 0 Å². The van der Waals surface area contributed by atoms with Crippen LogP contribution in [0, 0.1) is 0 Å². The Balaban J connectivity index is 2.42. The maximum Gasteiger partial charge on any atom is 0.317 e. The van der Waals surface area contributed by atoms with Gasteiger partial charge in [-0.3, -0.25) is 30.1 Å². The SMILES string of the molecule is CC(C)N(CC(=O)O)CC(=O)NNC(=O)c1cccs1. The highest BCUT2D eigenvalue weighted by Gasteiger charge is 2.17. The predicted molar refractivity (Wildman–Crippen MR) is 74.3 cm³/mol. The molecule has 0 saturated carbocycles. The molecule has 0 unspecified atom stereocenters. The number of thiophene rings is 1. The summed E-state index contributed by atoms with van der Waals surface area (Å²) in [6, 6.07) is 3.27. The molecule has 0 aromatic carbocycles. The van der Waals surface area contributed by atoms with E-state index in [1.807, 2.05) is 0 Å². The first-order valence-electron chi connectivity index (χ1n) is 5.98. The summed E-state index contributed by atoms with van der Waals surface area (Å²) in [6.07, 6.45) is 0. The van der Waals surface area contributed by atoms with Gasteiger partial charge in [0.1, 0.15) is 0 Å². The van der Waals surface area contributed by atoms with Crippen molar-refractivity contribution >= 4 is 29.1 Å². The number of rotatable bonds is 6. The quantitative estimate of drug-likeness (QED) is 0.656. The van der Waals surface area contributed by atoms with Crippen molar-refractivity contribution in [1.29, 1.82) is 0 Å². The van der Waals surface area contributed by atoms with Crippen molar-refractivity contribution in [2.24, 2.45) is 0 Å². The third-order valence-electron chi connectivity index (χ3n) is 2.48. The van der Waals surface area contributed by atoms with Crippen LogP contribution in [0.3, 0.4) is 0 Å². The Bertz CT molecular complexity index is 473. The molecular formula is C12H17N3O4S. The maximum atomic E-state index is 11.7.